The van der Waals surface area contributed by atoms with Crippen LogP contribution in [0.15, 0.2) is 18.2 Å². The molecule has 0 aliphatic heterocycles. The fourth-order valence-electron chi connectivity index (χ4n) is 7.78. The largest absolute Gasteiger partial charge is 0.468 e. The van der Waals surface area contributed by atoms with Crippen molar-refractivity contribution in [1.29, 1.82) is 0 Å². The molecular formula is C32H50O7. The van der Waals surface area contributed by atoms with Crippen molar-refractivity contribution in [1.82, 2.24) is 0 Å². The number of unbranched alkanes of at least 4 members (excludes halogenated alkanes) is 1. The van der Waals surface area contributed by atoms with Gasteiger partial charge in [-0.2, -0.15) is 0 Å². The van der Waals surface area contributed by atoms with Crippen molar-refractivity contribution in [2.45, 2.75) is 96.7 Å². The van der Waals surface area contributed by atoms with Crippen LogP contribution in [0, 0.1) is 23.2 Å². The Morgan fingerprint density at radius 2 is 1.85 bits per heavy atom. The van der Waals surface area contributed by atoms with Gasteiger partial charge in [0, 0.05) is 20.8 Å². The van der Waals surface area contributed by atoms with Crippen LogP contribution in [0.25, 0.3) is 0 Å². The normalized spacial score (nSPS) is 29.8. The van der Waals surface area contributed by atoms with Crippen LogP contribution >= 0.6 is 0 Å². The summed E-state index contributed by atoms with van der Waals surface area (Å²) < 4.78 is 33.4. The molecule has 0 heterocycles. The van der Waals surface area contributed by atoms with E-state index in [2.05, 4.69) is 25.1 Å². The zero-order chi connectivity index (χ0) is 28.0. The summed E-state index contributed by atoms with van der Waals surface area (Å²) in [5.41, 5.74) is 2.67. The van der Waals surface area contributed by atoms with E-state index < -0.39 is 5.60 Å². The maximum atomic E-state index is 12.0. The van der Waals surface area contributed by atoms with Gasteiger partial charge in [-0.05, 0) is 118 Å². The van der Waals surface area contributed by atoms with Crippen LogP contribution in [0.1, 0.15) is 89.7 Å². The van der Waals surface area contributed by atoms with Crippen LogP contribution in [0.4, 0.5) is 0 Å². The molecule has 0 saturated heterocycles. The lowest BCUT2D eigenvalue weighted by molar-refractivity contribution is -0.160. The van der Waals surface area contributed by atoms with E-state index in [1.165, 1.54) is 30.4 Å². The second-order valence-corrected chi connectivity index (χ2v) is 13.0. The summed E-state index contributed by atoms with van der Waals surface area (Å²) in [7, 11) is 3.36. The lowest BCUT2D eigenvalue weighted by Gasteiger charge is -2.53. The van der Waals surface area contributed by atoms with E-state index in [-0.39, 0.29) is 30.9 Å². The average Bonchev–Trinajstić information content (AvgIpc) is 3.22. The molecule has 0 bridgehead atoms. The van der Waals surface area contributed by atoms with Gasteiger partial charge in [-0.1, -0.05) is 19.4 Å². The van der Waals surface area contributed by atoms with Gasteiger partial charge < -0.3 is 28.4 Å². The van der Waals surface area contributed by atoms with Gasteiger partial charge in [0.05, 0.1) is 6.10 Å². The van der Waals surface area contributed by atoms with Crippen LogP contribution in [0.3, 0.4) is 0 Å². The fourth-order valence-corrected chi connectivity index (χ4v) is 7.78. The van der Waals surface area contributed by atoms with E-state index in [0.717, 1.165) is 37.9 Å². The predicted octanol–water partition coefficient (Wildman–Crippen LogP) is 6.27. The highest BCUT2D eigenvalue weighted by molar-refractivity contribution is 5.71. The fraction of sp³-hybridized carbons (Fsp3) is 0.781. The standard InChI is InChI=1S/C32H50O7/c1-31(2,3)39-29(33)19-36-16-8-7-9-22-17-23-18-24(37-20-34-5)10-11-25(23)26-14-15-32(4)27(30(22)26)12-13-28(32)38-21-35-6/h10-11,18,22,26-28,30H,7-9,12-17,19-21H2,1-6H3/t22-,26-,27+,28+,30-,32+/m1/s1. The molecule has 2 saturated carbocycles. The van der Waals surface area contributed by atoms with Crippen molar-refractivity contribution in [2.24, 2.45) is 23.2 Å². The van der Waals surface area contributed by atoms with Gasteiger partial charge in [-0.3, -0.25) is 0 Å². The lowest BCUT2D eigenvalue weighted by Crippen LogP contribution is -2.47. The highest BCUT2D eigenvalue weighted by atomic mass is 16.7. The van der Waals surface area contributed by atoms with Crippen LogP contribution in [0.5, 0.6) is 5.75 Å². The topological polar surface area (TPSA) is 72.5 Å². The molecule has 0 spiro atoms. The number of hydrogen-bond donors (Lipinski definition) is 0. The summed E-state index contributed by atoms with van der Waals surface area (Å²) in [6.07, 6.45) is 9.29. The Morgan fingerprint density at radius 1 is 1.05 bits per heavy atom. The number of carbonyl (C=O) groups excluding carboxylic acids is 1. The number of benzene rings is 1. The van der Waals surface area contributed by atoms with Crippen molar-refractivity contribution < 1.29 is 33.2 Å². The third-order valence-electron chi connectivity index (χ3n) is 9.27. The smallest absolute Gasteiger partial charge is 0.332 e. The molecule has 0 N–H and O–H groups in total. The maximum Gasteiger partial charge on any atom is 0.332 e. The number of hydrogen-bond acceptors (Lipinski definition) is 7. The molecule has 0 aromatic heterocycles. The Morgan fingerprint density at radius 3 is 2.59 bits per heavy atom. The Balaban J connectivity index is 1.43. The SMILES string of the molecule is COCOc1ccc2c(c1)C[C@@H](CCCCOCC(=O)OC(C)(C)C)[C@@H]1[C@@H]2CC[C@]2(C)[C@@H](OCOC)CC[C@@H]12. The highest BCUT2D eigenvalue weighted by Crippen LogP contribution is 2.63. The first-order valence-corrected chi connectivity index (χ1v) is 14.8. The van der Waals surface area contributed by atoms with Gasteiger partial charge in [0.1, 0.15) is 24.8 Å². The van der Waals surface area contributed by atoms with Gasteiger partial charge in [-0.25, -0.2) is 4.79 Å². The molecule has 39 heavy (non-hydrogen) atoms. The number of ether oxygens (including phenoxy) is 6. The Hall–Kier alpha value is -1.67. The molecular weight excluding hydrogens is 496 g/mol. The Labute approximate surface area is 235 Å². The molecule has 220 valence electrons. The third kappa shape index (κ3) is 7.35. The molecule has 6 atom stereocenters. The Bertz CT molecular complexity index is 941. The van der Waals surface area contributed by atoms with Gasteiger partial charge >= 0.3 is 5.97 Å². The van der Waals surface area contributed by atoms with Gasteiger partial charge in [0.25, 0.3) is 0 Å². The first-order chi connectivity index (χ1) is 18.7. The van der Waals surface area contributed by atoms with E-state index in [4.69, 9.17) is 28.4 Å². The zero-order valence-electron chi connectivity index (χ0n) is 25.0. The van der Waals surface area contributed by atoms with Crippen LogP contribution in [-0.2, 0) is 34.9 Å². The first kappa shape index (κ1) is 30.3. The average molecular weight is 547 g/mol. The molecule has 3 aliphatic carbocycles. The minimum Gasteiger partial charge on any atom is -0.468 e. The summed E-state index contributed by atoms with van der Waals surface area (Å²) in [5.74, 6) is 3.09. The molecule has 2 fully saturated rings. The molecule has 4 rings (SSSR count). The van der Waals surface area contributed by atoms with Gasteiger partial charge in [0.2, 0.25) is 0 Å². The summed E-state index contributed by atoms with van der Waals surface area (Å²) in [4.78, 5) is 12.0. The highest BCUT2D eigenvalue weighted by Gasteiger charge is 2.57. The predicted molar refractivity (Wildman–Crippen MR) is 150 cm³/mol. The van der Waals surface area contributed by atoms with Crippen molar-refractivity contribution in [3.05, 3.63) is 29.3 Å². The molecule has 0 unspecified atom stereocenters. The van der Waals surface area contributed by atoms with E-state index in [1.807, 2.05) is 20.8 Å². The lowest BCUT2D eigenvalue weighted by atomic mass is 9.52. The van der Waals surface area contributed by atoms with E-state index in [1.54, 1.807) is 14.2 Å². The van der Waals surface area contributed by atoms with Crippen LogP contribution < -0.4 is 4.74 Å². The summed E-state index contributed by atoms with van der Waals surface area (Å²) >= 11 is 0. The minimum absolute atomic E-state index is 0.0202. The van der Waals surface area contributed by atoms with Gasteiger partial charge in [0.15, 0.2) is 6.79 Å². The second kappa shape index (κ2) is 13.3. The summed E-state index contributed by atoms with van der Waals surface area (Å²) in [6.45, 7) is 9.34. The maximum absolute atomic E-state index is 12.0. The van der Waals surface area contributed by atoms with Crippen molar-refractivity contribution in [3.63, 3.8) is 0 Å². The summed E-state index contributed by atoms with van der Waals surface area (Å²) in [6, 6.07) is 6.67. The quantitative estimate of drug-likeness (QED) is 0.164. The van der Waals surface area contributed by atoms with E-state index in [0.29, 0.717) is 37.1 Å². The number of methoxy groups -OCH3 is 2. The third-order valence-corrected chi connectivity index (χ3v) is 9.27. The zero-order valence-corrected chi connectivity index (χ0v) is 25.0. The molecule has 0 radical (unpaired) electrons. The van der Waals surface area contributed by atoms with Crippen LogP contribution in [-0.4, -0.2) is 58.7 Å². The Kier molecular flexibility index (Phi) is 10.4. The van der Waals surface area contributed by atoms with Crippen molar-refractivity contribution in [3.8, 4) is 5.75 Å². The van der Waals surface area contributed by atoms with Crippen LogP contribution in [0.2, 0.25) is 0 Å². The molecule has 7 heteroatoms. The summed E-state index contributed by atoms with van der Waals surface area (Å²) in [5, 5.41) is 0. The molecule has 1 aromatic carbocycles. The molecule has 3 aliphatic rings. The van der Waals surface area contributed by atoms with Gasteiger partial charge in [-0.15, -0.1) is 0 Å². The minimum atomic E-state index is -0.481. The number of fused-ring (bicyclic) bond motifs is 5. The second-order valence-electron chi connectivity index (χ2n) is 13.0. The number of rotatable bonds is 13. The van der Waals surface area contributed by atoms with Crippen molar-refractivity contribution >= 4 is 5.97 Å². The van der Waals surface area contributed by atoms with E-state index >= 15 is 0 Å². The molecule has 7 nitrogen and oxygen atoms in total. The number of esters is 1. The first-order valence-electron chi connectivity index (χ1n) is 14.8. The molecule has 1 aromatic rings. The number of carbonyl (C=O) groups is 1. The molecule has 0 amide bonds. The van der Waals surface area contributed by atoms with E-state index in [9.17, 15) is 4.79 Å². The van der Waals surface area contributed by atoms with Crippen molar-refractivity contribution in [2.75, 3.05) is 41.0 Å². The monoisotopic (exact) mass is 546 g/mol.